The van der Waals surface area contributed by atoms with Gasteiger partial charge in [0.05, 0.1) is 4.92 Å². The van der Waals surface area contributed by atoms with E-state index in [0.717, 1.165) is 25.1 Å². The second kappa shape index (κ2) is 7.06. The topological polar surface area (TPSA) is 75.6 Å². The van der Waals surface area contributed by atoms with Crippen LogP contribution >= 0.6 is 0 Å². The predicted octanol–water partition coefficient (Wildman–Crippen LogP) is 1.56. The highest BCUT2D eigenvalue weighted by Gasteiger charge is 2.10. The number of rotatable bonds is 7. The predicted molar refractivity (Wildman–Crippen MR) is 77.0 cm³/mol. The number of non-ortho nitro benzene ring substituents is 1. The number of nitro benzene ring substituents is 1. The Kier molecular flexibility index (Phi) is 5.72. The first kappa shape index (κ1) is 15.4. The van der Waals surface area contributed by atoms with Crippen molar-refractivity contribution in [2.24, 2.45) is 0 Å². The number of anilines is 1. The van der Waals surface area contributed by atoms with Gasteiger partial charge in [-0.15, -0.1) is 0 Å². The summed E-state index contributed by atoms with van der Waals surface area (Å²) in [7, 11) is 6.07. The van der Waals surface area contributed by atoms with Gasteiger partial charge in [-0.05, 0) is 52.3 Å². The lowest BCUT2D eigenvalue weighted by molar-refractivity contribution is -0.384. The van der Waals surface area contributed by atoms with Gasteiger partial charge in [-0.2, -0.15) is 0 Å². The largest absolute Gasteiger partial charge is 0.398 e. The average Bonchev–Trinajstić information content (AvgIpc) is 2.31. The van der Waals surface area contributed by atoms with Crippen LogP contribution in [-0.4, -0.2) is 49.0 Å². The molecule has 0 spiro atoms. The molecule has 0 unspecified atom stereocenters. The molecule has 0 aliphatic rings. The van der Waals surface area contributed by atoms with E-state index >= 15 is 0 Å². The van der Waals surface area contributed by atoms with Crippen molar-refractivity contribution in [1.82, 2.24) is 9.80 Å². The average molecular weight is 266 g/mol. The molecule has 0 aliphatic carbocycles. The van der Waals surface area contributed by atoms with Crippen LogP contribution in [0.5, 0.6) is 0 Å². The lowest BCUT2D eigenvalue weighted by atomic mass is 10.1. The molecule has 6 nitrogen and oxygen atoms in total. The van der Waals surface area contributed by atoms with E-state index in [1.807, 2.05) is 21.1 Å². The lowest BCUT2D eigenvalue weighted by Gasteiger charge is -2.19. The van der Waals surface area contributed by atoms with Gasteiger partial charge in [0, 0.05) is 24.4 Å². The second-order valence-electron chi connectivity index (χ2n) is 5.03. The van der Waals surface area contributed by atoms with Gasteiger partial charge in [0.15, 0.2) is 0 Å². The Hall–Kier alpha value is -1.66. The van der Waals surface area contributed by atoms with Gasteiger partial charge in [-0.25, -0.2) is 0 Å². The fourth-order valence-electron chi connectivity index (χ4n) is 1.87. The Morgan fingerprint density at radius 1 is 1.26 bits per heavy atom. The number of hydrogen-bond donors (Lipinski definition) is 1. The Morgan fingerprint density at radius 3 is 2.53 bits per heavy atom. The standard InChI is InChI=1S/C13H22N4O2/c1-15(2)7-4-8-16(3)10-11-9-12(17(18)19)5-6-13(11)14/h5-6,9H,4,7-8,10,14H2,1-3H3. The first-order chi connectivity index (χ1) is 8.90. The summed E-state index contributed by atoms with van der Waals surface area (Å²) in [5.74, 6) is 0. The summed E-state index contributed by atoms with van der Waals surface area (Å²) < 4.78 is 0. The molecule has 1 aromatic carbocycles. The molecule has 1 rings (SSSR count). The van der Waals surface area contributed by atoms with E-state index < -0.39 is 4.92 Å². The lowest BCUT2D eigenvalue weighted by Crippen LogP contribution is -2.23. The van der Waals surface area contributed by atoms with Gasteiger partial charge in [-0.3, -0.25) is 10.1 Å². The second-order valence-corrected chi connectivity index (χ2v) is 5.03. The van der Waals surface area contributed by atoms with Gasteiger partial charge in [-0.1, -0.05) is 0 Å². The zero-order valence-corrected chi connectivity index (χ0v) is 11.8. The molecule has 0 heterocycles. The number of nitrogens with zero attached hydrogens (tertiary/aromatic N) is 3. The van der Waals surface area contributed by atoms with Crippen molar-refractivity contribution in [3.8, 4) is 0 Å². The van der Waals surface area contributed by atoms with Crippen LogP contribution < -0.4 is 5.73 Å². The van der Waals surface area contributed by atoms with Crippen LogP contribution in [0.4, 0.5) is 11.4 Å². The smallest absolute Gasteiger partial charge is 0.269 e. The number of nitro groups is 1. The third-order valence-corrected chi connectivity index (χ3v) is 2.92. The molecule has 19 heavy (non-hydrogen) atoms. The minimum absolute atomic E-state index is 0.0888. The van der Waals surface area contributed by atoms with Gasteiger partial charge in [0.2, 0.25) is 0 Å². The van der Waals surface area contributed by atoms with Crippen LogP contribution in [-0.2, 0) is 6.54 Å². The van der Waals surface area contributed by atoms with E-state index in [2.05, 4.69) is 9.80 Å². The highest BCUT2D eigenvalue weighted by Crippen LogP contribution is 2.20. The van der Waals surface area contributed by atoms with Crippen molar-refractivity contribution in [3.05, 3.63) is 33.9 Å². The number of hydrogen-bond acceptors (Lipinski definition) is 5. The molecule has 0 fully saturated rings. The number of nitrogen functional groups attached to an aromatic ring is 1. The van der Waals surface area contributed by atoms with Crippen molar-refractivity contribution < 1.29 is 4.92 Å². The molecule has 0 aliphatic heterocycles. The fraction of sp³-hybridized carbons (Fsp3) is 0.538. The van der Waals surface area contributed by atoms with Crippen LogP contribution in [0, 0.1) is 10.1 Å². The SMILES string of the molecule is CN(C)CCCN(C)Cc1cc([N+](=O)[O-])ccc1N. The zero-order chi connectivity index (χ0) is 14.4. The molecule has 0 amide bonds. The van der Waals surface area contributed by atoms with Gasteiger partial charge in [0.25, 0.3) is 5.69 Å². The van der Waals surface area contributed by atoms with Gasteiger partial charge >= 0.3 is 0 Å². The summed E-state index contributed by atoms with van der Waals surface area (Å²) in [6.07, 6.45) is 1.05. The van der Waals surface area contributed by atoms with Crippen molar-refractivity contribution in [3.63, 3.8) is 0 Å². The normalized spacial score (nSPS) is 11.2. The van der Waals surface area contributed by atoms with Crippen LogP contribution in [0.3, 0.4) is 0 Å². The zero-order valence-electron chi connectivity index (χ0n) is 11.8. The summed E-state index contributed by atoms with van der Waals surface area (Å²) in [6.45, 7) is 2.58. The maximum Gasteiger partial charge on any atom is 0.269 e. The molecule has 106 valence electrons. The van der Waals surface area contributed by atoms with E-state index in [4.69, 9.17) is 5.73 Å². The summed E-state index contributed by atoms with van der Waals surface area (Å²) in [5.41, 5.74) is 7.35. The molecule has 6 heteroatoms. The van der Waals surface area contributed by atoms with E-state index in [0.29, 0.717) is 12.2 Å². The Balaban J connectivity index is 2.60. The molecule has 2 N–H and O–H groups in total. The Bertz CT molecular complexity index is 435. The van der Waals surface area contributed by atoms with Crippen molar-refractivity contribution in [2.45, 2.75) is 13.0 Å². The van der Waals surface area contributed by atoms with E-state index in [1.165, 1.54) is 6.07 Å². The summed E-state index contributed by atoms with van der Waals surface area (Å²) in [5, 5.41) is 10.7. The molecule has 0 bridgehead atoms. The molecule has 0 radical (unpaired) electrons. The van der Waals surface area contributed by atoms with E-state index in [9.17, 15) is 10.1 Å². The minimum Gasteiger partial charge on any atom is -0.398 e. The van der Waals surface area contributed by atoms with Crippen LogP contribution in [0.2, 0.25) is 0 Å². The molecule has 1 aromatic rings. The Labute approximate surface area is 113 Å². The summed E-state index contributed by atoms with van der Waals surface area (Å²) in [6, 6.07) is 4.59. The van der Waals surface area contributed by atoms with Crippen LogP contribution in [0.25, 0.3) is 0 Å². The first-order valence-electron chi connectivity index (χ1n) is 6.26. The van der Waals surface area contributed by atoms with Crippen molar-refractivity contribution in [1.29, 1.82) is 0 Å². The molecular formula is C13H22N4O2. The van der Waals surface area contributed by atoms with Crippen LogP contribution in [0.1, 0.15) is 12.0 Å². The highest BCUT2D eigenvalue weighted by molar-refractivity contribution is 5.52. The van der Waals surface area contributed by atoms with Crippen LogP contribution in [0.15, 0.2) is 18.2 Å². The van der Waals surface area contributed by atoms with Crippen molar-refractivity contribution in [2.75, 3.05) is 40.0 Å². The number of benzene rings is 1. The fourth-order valence-corrected chi connectivity index (χ4v) is 1.87. The van der Waals surface area contributed by atoms with Gasteiger partial charge < -0.3 is 15.5 Å². The molecule has 0 atom stereocenters. The third-order valence-electron chi connectivity index (χ3n) is 2.92. The maximum absolute atomic E-state index is 10.7. The Morgan fingerprint density at radius 2 is 1.95 bits per heavy atom. The van der Waals surface area contributed by atoms with Gasteiger partial charge in [0.1, 0.15) is 0 Å². The highest BCUT2D eigenvalue weighted by atomic mass is 16.6. The molecule has 0 aromatic heterocycles. The van der Waals surface area contributed by atoms with E-state index in [1.54, 1.807) is 12.1 Å². The first-order valence-corrected chi connectivity index (χ1v) is 6.26. The third kappa shape index (κ3) is 5.23. The quantitative estimate of drug-likeness (QED) is 0.460. The van der Waals surface area contributed by atoms with E-state index in [-0.39, 0.29) is 5.69 Å². The summed E-state index contributed by atoms with van der Waals surface area (Å²) >= 11 is 0. The summed E-state index contributed by atoms with van der Waals surface area (Å²) in [4.78, 5) is 14.6. The minimum atomic E-state index is -0.394. The molecule has 0 saturated carbocycles. The molecule has 0 saturated heterocycles. The maximum atomic E-state index is 10.7. The van der Waals surface area contributed by atoms with Crippen molar-refractivity contribution >= 4 is 11.4 Å². The monoisotopic (exact) mass is 266 g/mol. The molecular weight excluding hydrogens is 244 g/mol. The number of nitrogens with two attached hydrogens (primary N) is 1.